The number of rotatable bonds is 3. The summed E-state index contributed by atoms with van der Waals surface area (Å²) in [5.41, 5.74) is 2.23. The molecule has 1 aromatic rings. The summed E-state index contributed by atoms with van der Waals surface area (Å²) in [6.07, 6.45) is 1.77. The van der Waals surface area contributed by atoms with E-state index < -0.39 is 0 Å². The van der Waals surface area contributed by atoms with Gasteiger partial charge in [0.05, 0.1) is 14.2 Å². The van der Waals surface area contributed by atoms with E-state index in [9.17, 15) is 4.79 Å². The maximum Gasteiger partial charge on any atom is 0.164 e. The van der Waals surface area contributed by atoms with E-state index in [0.717, 1.165) is 35.5 Å². The summed E-state index contributed by atoms with van der Waals surface area (Å²) >= 11 is 0. The van der Waals surface area contributed by atoms with Gasteiger partial charge in [0.25, 0.3) is 0 Å². The topological polar surface area (TPSA) is 35.5 Å². The van der Waals surface area contributed by atoms with Gasteiger partial charge in [0, 0.05) is 11.5 Å². The lowest BCUT2D eigenvalue weighted by Gasteiger charge is -2.13. The van der Waals surface area contributed by atoms with E-state index in [4.69, 9.17) is 9.47 Å². The van der Waals surface area contributed by atoms with Crippen molar-refractivity contribution in [3.63, 3.8) is 0 Å². The molecule has 86 valence electrons. The van der Waals surface area contributed by atoms with Crippen molar-refractivity contribution in [3.05, 3.63) is 23.3 Å². The van der Waals surface area contributed by atoms with E-state index >= 15 is 0 Å². The summed E-state index contributed by atoms with van der Waals surface area (Å²) in [5.74, 6) is 1.79. The van der Waals surface area contributed by atoms with E-state index in [1.807, 2.05) is 12.1 Å². The molecule has 1 aliphatic carbocycles. The van der Waals surface area contributed by atoms with Gasteiger partial charge in [-0.25, -0.2) is 0 Å². The van der Waals surface area contributed by atoms with Crippen molar-refractivity contribution in [2.45, 2.75) is 25.7 Å². The molecule has 0 radical (unpaired) electrons. The monoisotopic (exact) mass is 220 g/mol. The zero-order valence-corrected chi connectivity index (χ0v) is 9.87. The van der Waals surface area contributed by atoms with Crippen LogP contribution in [0.5, 0.6) is 11.5 Å². The first kappa shape index (κ1) is 11.0. The molecule has 3 nitrogen and oxygen atoms in total. The van der Waals surface area contributed by atoms with Crippen LogP contribution in [-0.4, -0.2) is 20.0 Å². The minimum absolute atomic E-state index is 0.0369. The highest BCUT2D eigenvalue weighted by atomic mass is 16.5. The van der Waals surface area contributed by atoms with Crippen molar-refractivity contribution >= 4 is 5.78 Å². The van der Waals surface area contributed by atoms with Crippen LogP contribution in [0.3, 0.4) is 0 Å². The molecule has 0 bridgehead atoms. The molecule has 1 atom stereocenters. The molecule has 1 unspecified atom stereocenters. The number of Topliss-reactive ketones (excluding diaryl/α,β-unsaturated/α-hetero) is 1. The number of ketones is 1. The lowest BCUT2D eigenvalue weighted by Crippen LogP contribution is -2.04. The van der Waals surface area contributed by atoms with Crippen molar-refractivity contribution in [2.24, 2.45) is 0 Å². The minimum Gasteiger partial charge on any atom is -0.493 e. The molecule has 0 spiro atoms. The number of benzene rings is 1. The van der Waals surface area contributed by atoms with Gasteiger partial charge in [-0.2, -0.15) is 0 Å². The molecule has 0 amide bonds. The third-order valence-electron chi connectivity index (χ3n) is 3.23. The van der Waals surface area contributed by atoms with Crippen LogP contribution in [0, 0.1) is 0 Å². The van der Waals surface area contributed by atoms with E-state index in [0.29, 0.717) is 0 Å². The number of carbonyl (C=O) groups is 1. The Kier molecular flexibility index (Phi) is 2.86. The van der Waals surface area contributed by atoms with Crippen LogP contribution >= 0.6 is 0 Å². The molecule has 0 aliphatic heterocycles. The standard InChI is InChI=1S/C13H16O3/c1-8(14)9-4-5-11-10(9)6-7-12(15-2)13(11)16-3/h6-7,9H,4-5H2,1-3H3. The number of hydrogen-bond acceptors (Lipinski definition) is 3. The number of methoxy groups -OCH3 is 2. The number of ether oxygens (including phenoxy) is 2. The normalized spacial score (nSPS) is 18.1. The fraction of sp³-hybridized carbons (Fsp3) is 0.462. The Morgan fingerprint density at radius 2 is 2.06 bits per heavy atom. The van der Waals surface area contributed by atoms with Crippen LogP contribution < -0.4 is 9.47 Å². The SMILES string of the molecule is COc1ccc2c(c1OC)CCC2C(C)=O. The van der Waals surface area contributed by atoms with Crippen LogP contribution in [0.4, 0.5) is 0 Å². The van der Waals surface area contributed by atoms with Crippen LogP contribution in [0.25, 0.3) is 0 Å². The summed E-state index contributed by atoms with van der Waals surface area (Å²) < 4.78 is 10.6. The molecule has 2 rings (SSSR count). The molecule has 1 aliphatic rings. The Morgan fingerprint density at radius 3 is 2.62 bits per heavy atom. The highest BCUT2D eigenvalue weighted by molar-refractivity contribution is 5.85. The van der Waals surface area contributed by atoms with E-state index in [1.54, 1.807) is 21.1 Å². The molecule has 0 saturated carbocycles. The Balaban J connectivity index is 2.51. The van der Waals surface area contributed by atoms with E-state index in [1.165, 1.54) is 0 Å². The fourth-order valence-electron chi connectivity index (χ4n) is 2.46. The second-order valence-electron chi connectivity index (χ2n) is 4.07. The first-order valence-corrected chi connectivity index (χ1v) is 5.43. The third kappa shape index (κ3) is 1.56. The summed E-state index contributed by atoms with van der Waals surface area (Å²) in [6.45, 7) is 1.65. The number of fused-ring (bicyclic) bond motifs is 1. The number of carbonyl (C=O) groups excluding carboxylic acids is 1. The second kappa shape index (κ2) is 4.16. The fourth-order valence-corrected chi connectivity index (χ4v) is 2.46. The minimum atomic E-state index is 0.0369. The molecule has 0 fully saturated rings. The second-order valence-corrected chi connectivity index (χ2v) is 4.07. The quantitative estimate of drug-likeness (QED) is 0.784. The van der Waals surface area contributed by atoms with E-state index in [2.05, 4.69) is 0 Å². The maximum atomic E-state index is 11.5. The summed E-state index contributed by atoms with van der Waals surface area (Å²) in [4.78, 5) is 11.5. The van der Waals surface area contributed by atoms with Gasteiger partial charge in [-0.1, -0.05) is 6.07 Å². The predicted molar refractivity (Wildman–Crippen MR) is 61.3 cm³/mol. The van der Waals surface area contributed by atoms with Crippen molar-refractivity contribution < 1.29 is 14.3 Å². The largest absolute Gasteiger partial charge is 0.493 e. The molecule has 1 aromatic carbocycles. The van der Waals surface area contributed by atoms with Gasteiger partial charge in [0.15, 0.2) is 11.5 Å². The maximum absolute atomic E-state index is 11.5. The molecular weight excluding hydrogens is 204 g/mol. The zero-order valence-electron chi connectivity index (χ0n) is 9.87. The Hall–Kier alpha value is -1.51. The van der Waals surface area contributed by atoms with Gasteiger partial charge in [0.2, 0.25) is 0 Å². The van der Waals surface area contributed by atoms with Gasteiger partial charge >= 0.3 is 0 Å². The Labute approximate surface area is 95.4 Å². The molecule has 0 aromatic heterocycles. The molecule has 0 heterocycles. The predicted octanol–water partition coefficient (Wildman–Crippen LogP) is 2.32. The van der Waals surface area contributed by atoms with Gasteiger partial charge in [0.1, 0.15) is 5.78 Å². The zero-order chi connectivity index (χ0) is 11.7. The molecule has 0 saturated heterocycles. The van der Waals surface area contributed by atoms with Crippen molar-refractivity contribution in [2.75, 3.05) is 14.2 Å². The molecular formula is C13H16O3. The van der Waals surface area contributed by atoms with Crippen LogP contribution in [0.2, 0.25) is 0 Å². The number of hydrogen-bond donors (Lipinski definition) is 0. The van der Waals surface area contributed by atoms with Gasteiger partial charge in [-0.3, -0.25) is 4.79 Å². The summed E-state index contributed by atoms with van der Waals surface area (Å²) in [7, 11) is 3.26. The van der Waals surface area contributed by atoms with Gasteiger partial charge < -0.3 is 9.47 Å². The first-order chi connectivity index (χ1) is 7.69. The Morgan fingerprint density at radius 1 is 1.31 bits per heavy atom. The van der Waals surface area contributed by atoms with Crippen molar-refractivity contribution in [1.82, 2.24) is 0 Å². The van der Waals surface area contributed by atoms with Crippen LogP contribution in [0.15, 0.2) is 12.1 Å². The summed E-state index contributed by atoms with van der Waals surface area (Å²) in [5, 5.41) is 0. The van der Waals surface area contributed by atoms with Crippen LogP contribution in [-0.2, 0) is 11.2 Å². The van der Waals surface area contributed by atoms with Gasteiger partial charge in [-0.05, 0) is 31.4 Å². The van der Waals surface area contributed by atoms with Gasteiger partial charge in [-0.15, -0.1) is 0 Å². The van der Waals surface area contributed by atoms with E-state index in [-0.39, 0.29) is 11.7 Å². The highest BCUT2D eigenvalue weighted by Gasteiger charge is 2.29. The van der Waals surface area contributed by atoms with Crippen LogP contribution in [0.1, 0.15) is 30.4 Å². The lowest BCUT2D eigenvalue weighted by atomic mass is 9.97. The Bertz CT molecular complexity index is 423. The molecule has 3 heteroatoms. The van der Waals surface area contributed by atoms with Crippen molar-refractivity contribution in [3.8, 4) is 11.5 Å². The average Bonchev–Trinajstić information content (AvgIpc) is 2.71. The average molecular weight is 220 g/mol. The lowest BCUT2D eigenvalue weighted by molar-refractivity contribution is -0.118. The van der Waals surface area contributed by atoms with Crippen molar-refractivity contribution in [1.29, 1.82) is 0 Å². The smallest absolute Gasteiger partial charge is 0.164 e. The first-order valence-electron chi connectivity index (χ1n) is 5.43. The summed E-state index contributed by atoms with van der Waals surface area (Å²) in [6, 6.07) is 3.86. The third-order valence-corrected chi connectivity index (χ3v) is 3.23. The molecule has 16 heavy (non-hydrogen) atoms. The highest BCUT2D eigenvalue weighted by Crippen LogP contribution is 2.43. The molecule has 0 N–H and O–H groups in total.